The molecule has 4 nitrogen and oxygen atoms in total. The minimum atomic E-state index is 0.0728. The largest absolute Gasteiger partial charge is 0.355 e. The van der Waals surface area contributed by atoms with Crippen molar-refractivity contribution in [3.63, 3.8) is 0 Å². The fourth-order valence-electron chi connectivity index (χ4n) is 0.879. The van der Waals surface area contributed by atoms with Gasteiger partial charge in [0.05, 0.1) is 5.33 Å². The molecule has 0 aromatic carbocycles. The van der Waals surface area contributed by atoms with Gasteiger partial charge in [-0.05, 0) is 32.5 Å². The minimum absolute atomic E-state index is 0.0728. The average molecular weight is 323 g/mol. The van der Waals surface area contributed by atoms with Crippen LogP contribution in [0, 0.1) is 0 Å². The molecule has 0 spiro atoms. The van der Waals surface area contributed by atoms with Gasteiger partial charge >= 0.3 is 0 Å². The number of aldehydes is 1. The van der Waals surface area contributed by atoms with Gasteiger partial charge in [-0.3, -0.25) is 9.59 Å². The first kappa shape index (κ1) is 22.5. The van der Waals surface area contributed by atoms with E-state index in [1.165, 1.54) is 18.9 Å². The van der Waals surface area contributed by atoms with Crippen LogP contribution in [-0.2, 0) is 9.59 Å². The van der Waals surface area contributed by atoms with Gasteiger partial charge in [0.2, 0.25) is 5.91 Å². The quantitative estimate of drug-likeness (QED) is 0.312. The Morgan fingerprint density at radius 3 is 2.11 bits per heavy atom. The molecule has 0 rings (SSSR count). The van der Waals surface area contributed by atoms with Crippen LogP contribution in [0.3, 0.4) is 0 Å². The molecular formula is C13H27BrN2O2. The Morgan fingerprint density at radius 1 is 1.22 bits per heavy atom. The van der Waals surface area contributed by atoms with Crippen LogP contribution in [0.15, 0.2) is 12.7 Å². The molecular weight excluding hydrogens is 296 g/mol. The van der Waals surface area contributed by atoms with Gasteiger partial charge in [0.1, 0.15) is 6.29 Å². The van der Waals surface area contributed by atoms with Gasteiger partial charge in [-0.15, -0.1) is 0 Å². The van der Waals surface area contributed by atoms with Gasteiger partial charge < -0.3 is 10.6 Å². The van der Waals surface area contributed by atoms with Crippen molar-refractivity contribution in [1.29, 1.82) is 0 Å². The predicted octanol–water partition coefficient (Wildman–Crippen LogP) is 2.28. The Bertz CT molecular complexity index is 182. The number of allylic oxidation sites excluding steroid dienone is 1. The van der Waals surface area contributed by atoms with Gasteiger partial charge in [-0.25, -0.2) is 0 Å². The molecule has 0 saturated carbocycles. The van der Waals surface area contributed by atoms with Crippen LogP contribution in [0.5, 0.6) is 0 Å². The lowest BCUT2D eigenvalue weighted by atomic mass is 10.2. The van der Waals surface area contributed by atoms with Crippen molar-refractivity contribution in [2.75, 3.05) is 25.5 Å². The third-order valence-corrected chi connectivity index (χ3v) is 2.15. The second-order valence-corrected chi connectivity index (χ2v) is 3.58. The number of hydrogen-bond donors (Lipinski definition) is 2. The summed E-state index contributed by atoms with van der Waals surface area (Å²) in [6.07, 6.45) is 5.25. The standard InChI is InChI=1S/C8H17BrN2O.C3H4O.C2H6/c1-10-5-3-2-4-6-11-8(12)7-9;1-2-3-4;1-2/h10H,2-7H2,1H3,(H,11,12);2-3H,1H2;1-2H3. The maximum Gasteiger partial charge on any atom is 0.230 e. The van der Waals surface area contributed by atoms with Crippen molar-refractivity contribution in [3.05, 3.63) is 12.7 Å². The molecule has 0 aliphatic rings. The second kappa shape index (κ2) is 25.2. The molecule has 0 fully saturated rings. The van der Waals surface area contributed by atoms with Gasteiger partial charge in [0, 0.05) is 6.54 Å². The van der Waals surface area contributed by atoms with Crippen LogP contribution in [-0.4, -0.2) is 37.7 Å². The van der Waals surface area contributed by atoms with Crippen LogP contribution in [0.25, 0.3) is 0 Å². The maximum absolute atomic E-state index is 10.7. The van der Waals surface area contributed by atoms with Gasteiger partial charge in [-0.2, -0.15) is 0 Å². The number of rotatable bonds is 8. The molecule has 0 heterocycles. The highest BCUT2D eigenvalue weighted by Gasteiger charge is 1.95. The molecule has 108 valence electrons. The van der Waals surface area contributed by atoms with Crippen molar-refractivity contribution in [2.45, 2.75) is 33.1 Å². The summed E-state index contributed by atoms with van der Waals surface area (Å²) in [6, 6.07) is 0. The zero-order valence-corrected chi connectivity index (χ0v) is 13.4. The Balaban J connectivity index is -0.000000317. The molecule has 0 bridgehead atoms. The molecule has 1 amide bonds. The highest BCUT2D eigenvalue weighted by Crippen LogP contribution is 1.91. The van der Waals surface area contributed by atoms with E-state index in [0.717, 1.165) is 19.5 Å². The fraction of sp³-hybridized carbons (Fsp3) is 0.692. The van der Waals surface area contributed by atoms with Gasteiger partial charge in [0.25, 0.3) is 0 Å². The molecule has 5 heteroatoms. The lowest BCUT2D eigenvalue weighted by Crippen LogP contribution is -2.25. The van der Waals surface area contributed by atoms with Crippen LogP contribution in [0.4, 0.5) is 0 Å². The summed E-state index contributed by atoms with van der Waals surface area (Å²) in [5.41, 5.74) is 0. The third-order valence-electron chi connectivity index (χ3n) is 1.64. The highest BCUT2D eigenvalue weighted by atomic mass is 79.9. The van der Waals surface area contributed by atoms with E-state index in [2.05, 4.69) is 33.1 Å². The summed E-state index contributed by atoms with van der Waals surface area (Å²) in [7, 11) is 1.95. The first-order chi connectivity index (χ1) is 8.72. The number of unbranched alkanes of at least 4 members (excludes halogenated alkanes) is 2. The number of nitrogens with one attached hydrogen (secondary N) is 2. The molecule has 0 atom stereocenters. The smallest absolute Gasteiger partial charge is 0.230 e. The van der Waals surface area contributed by atoms with Crippen LogP contribution in [0.2, 0.25) is 0 Å². The molecule has 0 saturated heterocycles. The highest BCUT2D eigenvalue weighted by molar-refractivity contribution is 9.09. The van der Waals surface area contributed by atoms with Crippen molar-refractivity contribution in [3.8, 4) is 0 Å². The normalized spacial score (nSPS) is 8.00. The Morgan fingerprint density at radius 2 is 1.72 bits per heavy atom. The first-order valence-corrected chi connectivity index (χ1v) is 7.38. The number of amides is 1. The Hall–Kier alpha value is -0.680. The second-order valence-electron chi connectivity index (χ2n) is 3.02. The summed E-state index contributed by atoms with van der Waals surface area (Å²) in [6.45, 7) is 8.97. The summed E-state index contributed by atoms with van der Waals surface area (Å²) in [5, 5.41) is 6.29. The topological polar surface area (TPSA) is 58.2 Å². The van der Waals surface area contributed by atoms with Crippen molar-refractivity contribution in [1.82, 2.24) is 10.6 Å². The lowest BCUT2D eigenvalue weighted by Gasteiger charge is -2.02. The van der Waals surface area contributed by atoms with Crippen molar-refractivity contribution < 1.29 is 9.59 Å². The van der Waals surface area contributed by atoms with Crippen LogP contribution < -0.4 is 10.6 Å². The zero-order chi connectivity index (χ0) is 14.6. The van der Waals surface area contributed by atoms with E-state index in [9.17, 15) is 4.79 Å². The fourth-order valence-corrected chi connectivity index (χ4v) is 1.08. The summed E-state index contributed by atoms with van der Waals surface area (Å²) in [4.78, 5) is 19.8. The zero-order valence-electron chi connectivity index (χ0n) is 11.8. The molecule has 2 N–H and O–H groups in total. The predicted molar refractivity (Wildman–Crippen MR) is 82.2 cm³/mol. The van der Waals surface area contributed by atoms with Crippen LogP contribution in [0.1, 0.15) is 33.1 Å². The average Bonchev–Trinajstić information content (AvgIpc) is 2.44. The maximum atomic E-state index is 10.7. The Labute approximate surface area is 120 Å². The Kier molecular flexibility index (Phi) is 31.5. The molecule has 0 unspecified atom stereocenters. The lowest BCUT2D eigenvalue weighted by molar-refractivity contribution is -0.118. The van der Waals surface area contributed by atoms with E-state index in [1.807, 2.05) is 20.9 Å². The minimum Gasteiger partial charge on any atom is -0.355 e. The SMILES string of the molecule is C=CC=O.CC.CNCCCCCNC(=O)CBr. The monoisotopic (exact) mass is 322 g/mol. The van der Waals surface area contributed by atoms with E-state index in [1.54, 1.807) is 0 Å². The van der Waals surface area contributed by atoms with Gasteiger partial charge in [0.15, 0.2) is 0 Å². The van der Waals surface area contributed by atoms with E-state index in [0.29, 0.717) is 11.6 Å². The van der Waals surface area contributed by atoms with Gasteiger partial charge in [-0.1, -0.05) is 42.8 Å². The first-order valence-electron chi connectivity index (χ1n) is 6.26. The molecule has 0 aromatic rings. The number of carbonyl (C=O) groups excluding carboxylic acids is 2. The van der Waals surface area contributed by atoms with E-state index < -0.39 is 0 Å². The number of carbonyl (C=O) groups is 2. The summed E-state index contributed by atoms with van der Waals surface area (Å²) in [5.74, 6) is 0.0728. The molecule has 0 aromatic heterocycles. The number of hydrogen-bond acceptors (Lipinski definition) is 3. The summed E-state index contributed by atoms with van der Waals surface area (Å²) < 4.78 is 0. The van der Waals surface area contributed by atoms with Crippen molar-refractivity contribution in [2.24, 2.45) is 0 Å². The number of halogens is 1. The van der Waals surface area contributed by atoms with E-state index in [-0.39, 0.29) is 5.91 Å². The van der Waals surface area contributed by atoms with E-state index >= 15 is 0 Å². The van der Waals surface area contributed by atoms with Crippen LogP contribution >= 0.6 is 15.9 Å². The molecule has 0 aliphatic heterocycles. The molecule has 0 radical (unpaired) electrons. The summed E-state index contributed by atoms with van der Waals surface area (Å²) >= 11 is 3.09. The van der Waals surface area contributed by atoms with Crippen molar-refractivity contribution >= 4 is 28.1 Å². The third kappa shape index (κ3) is 29.5. The van der Waals surface area contributed by atoms with E-state index in [4.69, 9.17) is 4.79 Å². The molecule has 0 aliphatic carbocycles. The molecule has 18 heavy (non-hydrogen) atoms. The number of alkyl halides is 1.